The summed E-state index contributed by atoms with van der Waals surface area (Å²) in [4.78, 5) is 17.4. The van der Waals surface area contributed by atoms with E-state index in [0.717, 1.165) is 12.0 Å². The van der Waals surface area contributed by atoms with Crippen LogP contribution in [-0.4, -0.2) is 22.3 Å². The largest absolute Gasteiger partial charge is 0.462 e. The fraction of sp³-hybridized carbons (Fsp3) is 0.241. The molecule has 0 amide bonds. The molecule has 3 aromatic rings. The molecule has 166 valence electrons. The fourth-order valence-electron chi connectivity index (χ4n) is 3.74. The average molecular weight is 454 g/mol. The molecule has 0 radical (unpaired) electrons. The van der Waals surface area contributed by atoms with Gasteiger partial charge >= 0.3 is 5.97 Å². The minimum absolute atomic E-state index is 0.0174. The zero-order valence-electron chi connectivity index (χ0n) is 19.4. The molecule has 1 aliphatic heterocycles. The second-order valence-electron chi connectivity index (χ2n) is 8.43. The molecule has 0 bridgehead atoms. The number of aryl methyl sites for hydroxylation is 1. The number of hydrogen-bond acceptors (Lipinski definition) is 4. The topological polar surface area (TPSA) is 39.2 Å². The molecule has 0 saturated carbocycles. The van der Waals surface area contributed by atoms with Gasteiger partial charge in [0.2, 0.25) is 0 Å². The number of ether oxygens (including phenoxy) is 1. The van der Waals surface area contributed by atoms with E-state index >= 15 is 0 Å². The highest BCUT2D eigenvalue weighted by atomic mass is 32.2. The highest BCUT2D eigenvalue weighted by molar-refractivity contribution is 8.01. The Kier molecular flexibility index (Phi) is 6.72. The number of fused-ring (bicyclic) bond motifs is 1. The van der Waals surface area contributed by atoms with E-state index in [4.69, 9.17) is 4.74 Å². The van der Waals surface area contributed by atoms with Crippen molar-refractivity contribution in [3.8, 4) is 11.8 Å². The molecule has 0 saturated heterocycles. The first kappa shape index (κ1) is 22.9. The van der Waals surface area contributed by atoms with E-state index < -0.39 is 0 Å². The number of thioether (sulfide) groups is 1. The monoisotopic (exact) mass is 453 g/mol. The van der Waals surface area contributed by atoms with Crippen LogP contribution < -0.4 is 0 Å². The predicted octanol–water partition coefficient (Wildman–Crippen LogP) is 6.54. The summed E-state index contributed by atoms with van der Waals surface area (Å²) in [6.45, 7) is 8.80. The van der Waals surface area contributed by atoms with Crippen molar-refractivity contribution in [1.29, 1.82) is 0 Å². The number of carbonyl (C=O) groups is 1. The van der Waals surface area contributed by atoms with Crippen molar-refractivity contribution >= 4 is 23.3 Å². The molecule has 2 heterocycles. The lowest BCUT2D eigenvalue weighted by molar-refractivity contribution is 0.0526. The molecule has 33 heavy (non-hydrogen) atoms. The quantitative estimate of drug-likeness (QED) is 0.332. The highest BCUT2D eigenvalue weighted by Crippen LogP contribution is 2.46. The van der Waals surface area contributed by atoms with Gasteiger partial charge in [-0.1, -0.05) is 43.2 Å². The zero-order valence-corrected chi connectivity index (χ0v) is 20.3. The van der Waals surface area contributed by atoms with Crippen molar-refractivity contribution in [3.05, 3.63) is 100 Å². The Balaban J connectivity index is 1.64. The summed E-state index contributed by atoms with van der Waals surface area (Å²) in [6, 6.07) is 18.7. The SMILES string of the molecule is CCOC(=O)c1ccc(C#Cc2ccc3c(c2)C(c2ccc(CC)cc2)=CC(C)(C)S3)nc1. The van der Waals surface area contributed by atoms with Crippen LogP contribution in [0.5, 0.6) is 0 Å². The molecule has 0 aliphatic carbocycles. The standard InChI is InChI=1S/C29H27NO2S/c1-5-20-7-11-22(12-8-20)26-18-29(3,4)33-27-16-10-21(17-25(26)27)9-14-24-15-13-23(19-30-24)28(31)32-6-2/h7-8,10-13,15-19H,5-6H2,1-4H3. The molecule has 0 N–H and O–H groups in total. The highest BCUT2D eigenvalue weighted by Gasteiger charge is 2.26. The van der Waals surface area contributed by atoms with E-state index in [2.05, 4.69) is 86.1 Å². The van der Waals surface area contributed by atoms with Crippen LogP contribution in [0, 0.1) is 11.8 Å². The van der Waals surface area contributed by atoms with E-state index in [9.17, 15) is 4.79 Å². The van der Waals surface area contributed by atoms with Gasteiger partial charge in [-0.2, -0.15) is 0 Å². The summed E-state index contributed by atoms with van der Waals surface area (Å²) >= 11 is 1.87. The van der Waals surface area contributed by atoms with E-state index in [0.29, 0.717) is 17.9 Å². The Morgan fingerprint density at radius 1 is 1.03 bits per heavy atom. The van der Waals surface area contributed by atoms with Gasteiger partial charge in [-0.15, -0.1) is 11.8 Å². The van der Waals surface area contributed by atoms with Crippen LogP contribution in [0.2, 0.25) is 0 Å². The number of nitrogens with zero attached hydrogens (tertiary/aromatic N) is 1. The number of rotatable bonds is 4. The summed E-state index contributed by atoms with van der Waals surface area (Å²) < 4.78 is 5.02. The Hall–Kier alpha value is -3.29. The van der Waals surface area contributed by atoms with Gasteiger partial charge in [0.15, 0.2) is 0 Å². The zero-order chi connectivity index (χ0) is 23.4. The third-order valence-corrected chi connectivity index (χ3v) is 6.64. The normalized spacial score (nSPS) is 13.9. The molecule has 0 unspecified atom stereocenters. The number of pyridine rings is 1. The lowest BCUT2D eigenvalue weighted by Gasteiger charge is -2.29. The second kappa shape index (κ2) is 9.68. The van der Waals surface area contributed by atoms with Gasteiger partial charge in [-0.3, -0.25) is 0 Å². The van der Waals surface area contributed by atoms with Crippen LogP contribution in [0.4, 0.5) is 0 Å². The smallest absolute Gasteiger partial charge is 0.339 e. The Morgan fingerprint density at radius 2 is 1.82 bits per heavy atom. The van der Waals surface area contributed by atoms with E-state index in [1.54, 1.807) is 19.1 Å². The Bertz CT molecular complexity index is 1260. The third-order valence-electron chi connectivity index (χ3n) is 5.42. The van der Waals surface area contributed by atoms with Crippen LogP contribution in [0.1, 0.15) is 66.0 Å². The third kappa shape index (κ3) is 5.38. The van der Waals surface area contributed by atoms with Gasteiger partial charge in [0.05, 0.1) is 12.2 Å². The molecule has 0 fully saturated rings. The number of carbonyl (C=O) groups excluding carboxylic acids is 1. The first-order valence-corrected chi connectivity index (χ1v) is 12.0. The molecule has 3 nitrogen and oxygen atoms in total. The van der Waals surface area contributed by atoms with Crippen molar-refractivity contribution < 1.29 is 9.53 Å². The van der Waals surface area contributed by atoms with Crippen molar-refractivity contribution in [3.63, 3.8) is 0 Å². The van der Waals surface area contributed by atoms with Gasteiger partial charge in [0, 0.05) is 21.4 Å². The molecule has 4 heteroatoms. The van der Waals surface area contributed by atoms with E-state index in [1.165, 1.54) is 33.4 Å². The summed E-state index contributed by atoms with van der Waals surface area (Å²) in [5.41, 5.74) is 6.99. The van der Waals surface area contributed by atoms with Gasteiger partial charge in [0.1, 0.15) is 5.69 Å². The average Bonchev–Trinajstić information content (AvgIpc) is 2.82. The Labute approximate surface area is 200 Å². The number of benzene rings is 2. The van der Waals surface area contributed by atoms with Crippen molar-refractivity contribution in [2.75, 3.05) is 6.61 Å². The van der Waals surface area contributed by atoms with Crippen LogP contribution in [0.25, 0.3) is 5.57 Å². The van der Waals surface area contributed by atoms with Crippen LogP contribution in [0.15, 0.2) is 71.8 Å². The van der Waals surface area contributed by atoms with Gasteiger partial charge in [-0.05, 0) is 85.7 Å². The van der Waals surface area contributed by atoms with Crippen molar-refractivity contribution in [2.24, 2.45) is 0 Å². The maximum atomic E-state index is 11.8. The lowest BCUT2D eigenvalue weighted by Crippen LogP contribution is -2.16. The predicted molar refractivity (Wildman–Crippen MR) is 135 cm³/mol. The lowest BCUT2D eigenvalue weighted by atomic mass is 9.92. The summed E-state index contributed by atoms with van der Waals surface area (Å²) in [5, 5.41) is 0. The number of aromatic nitrogens is 1. The molecular weight excluding hydrogens is 426 g/mol. The molecule has 0 spiro atoms. The van der Waals surface area contributed by atoms with E-state index in [1.807, 2.05) is 11.8 Å². The maximum Gasteiger partial charge on any atom is 0.339 e. The minimum Gasteiger partial charge on any atom is -0.462 e. The first-order valence-electron chi connectivity index (χ1n) is 11.2. The summed E-state index contributed by atoms with van der Waals surface area (Å²) in [7, 11) is 0. The van der Waals surface area contributed by atoms with Crippen LogP contribution in [0.3, 0.4) is 0 Å². The van der Waals surface area contributed by atoms with E-state index in [-0.39, 0.29) is 10.7 Å². The molecule has 2 aromatic carbocycles. The Morgan fingerprint density at radius 3 is 2.48 bits per heavy atom. The van der Waals surface area contributed by atoms with Crippen LogP contribution >= 0.6 is 11.8 Å². The maximum absolute atomic E-state index is 11.8. The molecule has 1 aromatic heterocycles. The molecule has 4 rings (SSSR count). The van der Waals surface area contributed by atoms with Crippen molar-refractivity contribution in [2.45, 2.75) is 43.8 Å². The fourth-order valence-corrected chi connectivity index (χ4v) is 4.90. The second-order valence-corrected chi connectivity index (χ2v) is 10.1. The van der Waals surface area contributed by atoms with Gasteiger partial charge < -0.3 is 4.74 Å². The van der Waals surface area contributed by atoms with Crippen LogP contribution in [-0.2, 0) is 11.2 Å². The molecule has 1 aliphatic rings. The number of hydrogen-bond donors (Lipinski definition) is 0. The molecular formula is C29H27NO2S. The van der Waals surface area contributed by atoms with Crippen molar-refractivity contribution in [1.82, 2.24) is 4.98 Å². The van der Waals surface area contributed by atoms with Gasteiger partial charge in [0.25, 0.3) is 0 Å². The minimum atomic E-state index is -0.370. The van der Waals surface area contributed by atoms with Gasteiger partial charge in [-0.25, -0.2) is 9.78 Å². The first-order chi connectivity index (χ1) is 15.9. The number of esters is 1. The summed E-state index contributed by atoms with van der Waals surface area (Å²) in [6.07, 6.45) is 4.90. The summed E-state index contributed by atoms with van der Waals surface area (Å²) in [5.74, 6) is 5.97. The molecule has 0 atom stereocenters.